The summed E-state index contributed by atoms with van der Waals surface area (Å²) in [5.74, 6) is 1.53. The summed E-state index contributed by atoms with van der Waals surface area (Å²) in [5, 5.41) is 3.32. The number of hydrogen-bond acceptors (Lipinski definition) is 4. The molecule has 0 heterocycles. The van der Waals surface area contributed by atoms with Crippen molar-refractivity contribution in [3.05, 3.63) is 58.4 Å². The summed E-state index contributed by atoms with van der Waals surface area (Å²) in [6.45, 7) is 6.82. The van der Waals surface area contributed by atoms with Gasteiger partial charge in [-0.3, -0.25) is 4.79 Å². The highest BCUT2D eigenvalue weighted by atomic mass is 35.5. The molecule has 0 radical (unpaired) electrons. The SMILES string of the molecule is CCOc1ccc([C@@H](C)NC(=O)CSCc2ccc(Cl)cc2F)cc1OCC. The predicted octanol–water partition coefficient (Wildman–Crippen LogP) is 5.39. The first-order valence-electron chi connectivity index (χ1n) is 9.15. The number of ether oxygens (including phenoxy) is 2. The van der Waals surface area contributed by atoms with Crippen LogP contribution in [-0.2, 0) is 10.5 Å². The van der Waals surface area contributed by atoms with Crippen LogP contribution in [0.2, 0.25) is 5.02 Å². The Balaban J connectivity index is 1.90. The third-order valence-electron chi connectivity index (χ3n) is 3.95. The average molecular weight is 426 g/mol. The lowest BCUT2D eigenvalue weighted by Crippen LogP contribution is -2.28. The Bertz CT molecular complexity index is 803. The maximum atomic E-state index is 13.8. The fourth-order valence-corrected chi connectivity index (χ4v) is 3.58. The number of carbonyl (C=O) groups is 1. The van der Waals surface area contributed by atoms with Gasteiger partial charge in [-0.2, -0.15) is 0 Å². The molecule has 2 aromatic carbocycles. The van der Waals surface area contributed by atoms with E-state index in [9.17, 15) is 9.18 Å². The normalized spacial score (nSPS) is 11.8. The first-order chi connectivity index (χ1) is 13.4. The van der Waals surface area contributed by atoms with Gasteiger partial charge in [-0.25, -0.2) is 4.39 Å². The number of halogens is 2. The smallest absolute Gasteiger partial charge is 0.230 e. The van der Waals surface area contributed by atoms with Crippen molar-refractivity contribution in [2.75, 3.05) is 19.0 Å². The van der Waals surface area contributed by atoms with Crippen molar-refractivity contribution < 1.29 is 18.7 Å². The maximum absolute atomic E-state index is 13.8. The summed E-state index contributed by atoms with van der Waals surface area (Å²) in [5.41, 5.74) is 1.46. The molecule has 0 aliphatic carbocycles. The van der Waals surface area contributed by atoms with E-state index in [4.69, 9.17) is 21.1 Å². The Morgan fingerprint density at radius 3 is 2.54 bits per heavy atom. The minimum absolute atomic E-state index is 0.112. The van der Waals surface area contributed by atoms with E-state index in [-0.39, 0.29) is 23.5 Å². The molecular formula is C21H25ClFNO3S. The van der Waals surface area contributed by atoms with Gasteiger partial charge in [-0.05, 0) is 56.2 Å². The molecule has 7 heteroatoms. The highest BCUT2D eigenvalue weighted by molar-refractivity contribution is 7.99. The van der Waals surface area contributed by atoms with Crippen LogP contribution in [0.1, 0.15) is 37.9 Å². The van der Waals surface area contributed by atoms with Gasteiger partial charge in [0.2, 0.25) is 5.91 Å². The molecule has 0 aromatic heterocycles. The molecule has 2 rings (SSSR count). The van der Waals surface area contributed by atoms with Crippen LogP contribution in [0.3, 0.4) is 0 Å². The van der Waals surface area contributed by atoms with E-state index in [0.29, 0.717) is 41.1 Å². The van der Waals surface area contributed by atoms with Gasteiger partial charge in [0.15, 0.2) is 11.5 Å². The lowest BCUT2D eigenvalue weighted by atomic mass is 10.1. The van der Waals surface area contributed by atoms with Gasteiger partial charge in [-0.15, -0.1) is 11.8 Å². The predicted molar refractivity (Wildman–Crippen MR) is 113 cm³/mol. The van der Waals surface area contributed by atoms with Crippen molar-refractivity contribution in [2.24, 2.45) is 0 Å². The van der Waals surface area contributed by atoms with Gasteiger partial charge < -0.3 is 14.8 Å². The van der Waals surface area contributed by atoms with Crippen molar-refractivity contribution in [1.82, 2.24) is 5.32 Å². The van der Waals surface area contributed by atoms with E-state index >= 15 is 0 Å². The van der Waals surface area contributed by atoms with E-state index in [1.165, 1.54) is 17.8 Å². The maximum Gasteiger partial charge on any atom is 0.230 e. The van der Waals surface area contributed by atoms with E-state index in [2.05, 4.69) is 5.32 Å². The van der Waals surface area contributed by atoms with Gasteiger partial charge in [0, 0.05) is 10.8 Å². The van der Waals surface area contributed by atoms with Crippen LogP contribution < -0.4 is 14.8 Å². The molecule has 0 saturated carbocycles. The quantitative estimate of drug-likeness (QED) is 0.554. The summed E-state index contributed by atoms with van der Waals surface area (Å²) >= 11 is 7.10. The molecule has 4 nitrogen and oxygen atoms in total. The van der Waals surface area contributed by atoms with E-state index < -0.39 is 0 Å². The van der Waals surface area contributed by atoms with Gasteiger partial charge in [0.1, 0.15) is 5.82 Å². The van der Waals surface area contributed by atoms with Crippen molar-refractivity contribution in [3.63, 3.8) is 0 Å². The lowest BCUT2D eigenvalue weighted by Gasteiger charge is -2.17. The molecule has 28 heavy (non-hydrogen) atoms. The number of amides is 1. The second-order valence-electron chi connectivity index (χ2n) is 6.09. The van der Waals surface area contributed by atoms with Crippen molar-refractivity contribution in [3.8, 4) is 11.5 Å². The Hall–Kier alpha value is -1.92. The second-order valence-corrected chi connectivity index (χ2v) is 7.51. The molecule has 0 spiro atoms. The van der Waals surface area contributed by atoms with E-state index in [0.717, 1.165) is 5.56 Å². The molecule has 1 N–H and O–H groups in total. The van der Waals surface area contributed by atoms with Crippen LogP contribution in [0.15, 0.2) is 36.4 Å². The zero-order chi connectivity index (χ0) is 20.5. The molecule has 1 atom stereocenters. The first kappa shape index (κ1) is 22.4. The fraction of sp³-hybridized carbons (Fsp3) is 0.381. The van der Waals surface area contributed by atoms with Crippen LogP contribution in [0.4, 0.5) is 4.39 Å². The van der Waals surface area contributed by atoms with Gasteiger partial charge in [-0.1, -0.05) is 23.7 Å². The molecule has 1 amide bonds. The Morgan fingerprint density at radius 2 is 1.86 bits per heavy atom. The van der Waals surface area contributed by atoms with Crippen molar-refractivity contribution >= 4 is 29.3 Å². The highest BCUT2D eigenvalue weighted by Crippen LogP contribution is 2.30. The second kappa shape index (κ2) is 11.2. The minimum atomic E-state index is -0.355. The average Bonchev–Trinajstić information content (AvgIpc) is 2.65. The van der Waals surface area contributed by atoms with Gasteiger partial charge in [0.05, 0.1) is 25.0 Å². The molecular weight excluding hydrogens is 401 g/mol. The standard InChI is InChI=1S/C21H25ClFNO3S/c1-4-26-19-9-7-15(10-20(19)27-5-2)14(3)24-21(25)13-28-12-16-6-8-17(22)11-18(16)23/h6-11,14H,4-5,12-13H2,1-3H3,(H,24,25)/t14-/m1/s1. The number of hydrogen-bond donors (Lipinski definition) is 1. The molecule has 0 aliphatic heterocycles. The number of nitrogens with one attached hydrogen (secondary N) is 1. The molecule has 0 bridgehead atoms. The molecule has 2 aromatic rings. The fourth-order valence-electron chi connectivity index (χ4n) is 2.60. The van der Waals surface area contributed by atoms with Crippen LogP contribution in [-0.4, -0.2) is 24.9 Å². The van der Waals surface area contributed by atoms with E-state index in [1.54, 1.807) is 12.1 Å². The molecule has 0 saturated heterocycles. The topological polar surface area (TPSA) is 47.6 Å². The number of thioether (sulfide) groups is 1. The third-order valence-corrected chi connectivity index (χ3v) is 5.17. The molecule has 152 valence electrons. The zero-order valence-electron chi connectivity index (χ0n) is 16.3. The Labute approximate surface area is 174 Å². The summed E-state index contributed by atoms with van der Waals surface area (Å²) in [6.07, 6.45) is 0. The van der Waals surface area contributed by atoms with Crippen molar-refractivity contribution in [1.29, 1.82) is 0 Å². The molecule has 0 unspecified atom stereocenters. The summed E-state index contributed by atoms with van der Waals surface area (Å²) in [7, 11) is 0. The summed E-state index contributed by atoms with van der Waals surface area (Å²) < 4.78 is 25.0. The number of carbonyl (C=O) groups excluding carboxylic acids is 1. The van der Waals surface area contributed by atoms with Crippen LogP contribution in [0.5, 0.6) is 11.5 Å². The lowest BCUT2D eigenvalue weighted by molar-refractivity contribution is -0.119. The number of benzene rings is 2. The van der Waals surface area contributed by atoms with Crippen LogP contribution in [0, 0.1) is 5.82 Å². The Kier molecular flexibility index (Phi) is 8.93. The van der Waals surface area contributed by atoms with Gasteiger partial charge >= 0.3 is 0 Å². The molecule has 0 aliphatic rings. The number of rotatable bonds is 10. The van der Waals surface area contributed by atoms with Crippen LogP contribution in [0.25, 0.3) is 0 Å². The monoisotopic (exact) mass is 425 g/mol. The zero-order valence-corrected chi connectivity index (χ0v) is 17.8. The van der Waals surface area contributed by atoms with Crippen LogP contribution >= 0.6 is 23.4 Å². The molecule has 0 fully saturated rings. The first-order valence-corrected chi connectivity index (χ1v) is 10.7. The third kappa shape index (κ3) is 6.60. The Morgan fingerprint density at radius 1 is 1.14 bits per heavy atom. The van der Waals surface area contributed by atoms with E-state index in [1.807, 2.05) is 39.0 Å². The largest absolute Gasteiger partial charge is 0.490 e. The minimum Gasteiger partial charge on any atom is -0.490 e. The summed E-state index contributed by atoms with van der Waals surface area (Å²) in [4.78, 5) is 12.2. The highest BCUT2D eigenvalue weighted by Gasteiger charge is 2.14. The summed E-state index contributed by atoms with van der Waals surface area (Å²) in [6, 6.07) is 10.0. The van der Waals surface area contributed by atoms with Gasteiger partial charge in [0.25, 0.3) is 0 Å². The van der Waals surface area contributed by atoms with Crippen molar-refractivity contribution in [2.45, 2.75) is 32.6 Å².